The zero-order valence-electron chi connectivity index (χ0n) is 14.3. The number of ether oxygens (including phenoxy) is 1. The molecule has 5 nitrogen and oxygen atoms in total. The van der Waals surface area contributed by atoms with E-state index in [0.29, 0.717) is 6.61 Å². The molecule has 0 saturated carbocycles. The summed E-state index contributed by atoms with van der Waals surface area (Å²) >= 11 is 0. The summed E-state index contributed by atoms with van der Waals surface area (Å²) in [4.78, 5) is 2.25. The van der Waals surface area contributed by atoms with Gasteiger partial charge in [0.05, 0.1) is 17.9 Å². The van der Waals surface area contributed by atoms with Crippen LogP contribution in [-0.4, -0.2) is 41.4 Å². The van der Waals surface area contributed by atoms with Crippen molar-refractivity contribution in [1.29, 1.82) is 0 Å². The molecule has 1 N–H and O–H groups in total. The molecule has 0 fully saturated rings. The molecule has 2 heterocycles. The largest absolute Gasteiger partial charge is 0.492 e. The Hall–Kier alpha value is -1.85. The maximum atomic E-state index is 5.88. The number of benzene rings is 1. The lowest BCUT2D eigenvalue weighted by Crippen LogP contribution is -2.28. The Balaban J connectivity index is 1.47. The van der Waals surface area contributed by atoms with Gasteiger partial charge in [-0.15, -0.1) is 0 Å². The van der Waals surface area contributed by atoms with Crippen LogP contribution >= 0.6 is 0 Å². The van der Waals surface area contributed by atoms with E-state index < -0.39 is 0 Å². The molecule has 1 aromatic carbocycles. The van der Waals surface area contributed by atoms with Crippen molar-refractivity contribution in [3.05, 3.63) is 46.8 Å². The molecule has 0 saturated heterocycles. The number of hydrogen-bond donors (Lipinski definition) is 1. The second kappa shape index (κ2) is 7.15. The molecule has 0 unspecified atom stereocenters. The van der Waals surface area contributed by atoms with Gasteiger partial charge in [0, 0.05) is 26.2 Å². The molecule has 0 radical (unpaired) electrons. The van der Waals surface area contributed by atoms with Crippen molar-refractivity contribution >= 4 is 0 Å². The third-order valence-corrected chi connectivity index (χ3v) is 4.09. The van der Waals surface area contributed by atoms with Gasteiger partial charge >= 0.3 is 0 Å². The van der Waals surface area contributed by atoms with Crippen LogP contribution in [0.4, 0.5) is 0 Å². The predicted octanol–water partition coefficient (Wildman–Crippen LogP) is 2.11. The van der Waals surface area contributed by atoms with E-state index in [1.54, 1.807) is 0 Å². The normalized spacial score (nSPS) is 14.1. The van der Waals surface area contributed by atoms with E-state index in [2.05, 4.69) is 65.2 Å². The average Bonchev–Trinajstić information content (AvgIpc) is 2.88. The Morgan fingerprint density at radius 2 is 2.00 bits per heavy atom. The fourth-order valence-electron chi connectivity index (χ4n) is 3.02. The van der Waals surface area contributed by atoms with E-state index >= 15 is 0 Å². The Bertz CT molecular complexity index is 621. The molecule has 0 aliphatic carbocycles. The molecule has 1 aliphatic rings. The third-order valence-electron chi connectivity index (χ3n) is 4.09. The highest BCUT2D eigenvalue weighted by Gasteiger charge is 2.12. The third kappa shape index (κ3) is 4.33. The van der Waals surface area contributed by atoms with Crippen molar-refractivity contribution in [1.82, 2.24) is 20.0 Å². The Labute approximate surface area is 138 Å². The lowest BCUT2D eigenvalue weighted by molar-refractivity contribution is 0.231. The monoisotopic (exact) mass is 314 g/mol. The van der Waals surface area contributed by atoms with Crippen molar-refractivity contribution in [3.8, 4) is 5.75 Å². The molecule has 23 heavy (non-hydrogen) atoms. The molecule has 0 atom stereocenters. The second-order valence-corrected chi connectivity index (χ2v) is 6.44. The zero-order valence-corrected chi connectivity index (χ0v) is 14.3. The SMILES string of the molecule is Cc1cc(C)cc(OCCN(C)Cc2cc3n(n2)CCNC3)c1. The van der Waals surface area contributed by atoms with Gasteiger partial charge in [0.1, 0.15) is 12.4 Å². The summed E-state index contributed by atoms with van der Waals surface area (Å²) in [6, 6.07) is 8.54. The maximum Gasteiger partial charge on any atom is 0.119 e. The van der Waals surface area contributed by atoms with Crippen LogP contribution in [-0.2, 0) is 19.6 Å². The molecule has 5 heteroatoms. The quantitative estimate of drug-likeness (QED) is 0.887. The van der Waals surface area contributed by atoms with Gasteiger partial charge in [-0.2, -0.15) is 5.10 Å². The summed E-state index contributed by atoms with van der Waals surface area (Å²) in [5.74, 6) is 0.958. The van der Waals surface area contributed by atoms with E-state index in [-0.39, 0.29) is 0 Å². The lowest BCUT2D eigenvalue weighted by atomic mass is 10.1. The predicted molar refractivity (Wildman–Crippen MR) is 91.7 cm³/mol. The van der Waals surface area contributed by atoms with Crippen LogP contribution in [0.1, 0.15) is 22.5 Å². The Morgan fingerprint density at radius 1 is 1.22 bits per heavy atom. The van der Waals surface area contributed by atoms with Gasteiger partial charge in [-0.05, 0) is 50.2 Å². The molecule has 124 valence electrons. The van der Waals surface area contributed by atoms with Crippen LogP contribution in [0.2, 0.25) is 0 Å². The second-order valence-electron chi connectivity index (χ2n) is 6.44. The number of nitrogens with zero attached hydrogens (tertiary/aromatic N) is 3. The van der Waals surface area contributed by atoms with Crippen LogP contribution in [0, 0.1) is 13.8 Å². The van der Waals surface area contributed by atoms with Crippen molar-refractivity contribution in [2.45, 2.75) is 33.5 Å². The molecular weight excluding hydrogens is 288 g/mol. The number of hydrogen-bond acceptors (Lipinski definition) is 4. The minimum Gasteiger partial charge on any atom is -0.492 e. The number of rotatable bonds is 6. The highest BCUT2D eigenvalue weighted by molar-refractivity contribution is 5.32. The molecule has 3 rings (SSSR count). The number of aryl methyl sites for hydroxylation is 2. The minimum atomic E-state index is 0.689. The minimum absolute atomic E-state index is 0.689. The molecule has 1 aromatic heterocycles. The topological polar surface area (TPSA) is 42.3 Å². The summed E-state index contributed by atoms with van der Waals surface area (Å²) in [6.07, 6.45) is 0. The van der Waals surface area contributed by atoms with E-state index in [4.69, 9.17) is 4.74 Å². The average molecular weight is 314 g/mol. The highest BCUT2D eigenvalue weighted by Crippen LogP contribution is 2.16. The van der Waals surface area contributed by atoms with Gasteiger partial charge in [0.2, 0.25) is 0 Å². The van der Waals surface area contributed by atoms with Gasteiger partial charge in [0.25, 0.3) is 0 Å². The fraction of sp³-hybridized carbons (Fsp3) is 0.500. The van der Waals surface area contributed by atoms with Gasteiger partial charge in [0.15, 0.2) is 0 Å². The summed E-state index contributed by atoms with van der Waals surface area (Å²) in [5, 5.41) is 8.05. The highest BCUT2D eigenvalue weighted by atomic mass is 16.5. The van der Waals surface area contributed by atoms with Crippen LogP contribution < -0.4 is 10.1 Å². The van der Waals surface area contributed by atoms with Crippen molar-refractivity contribution in [2.24, 2.45) is 0 Å². The summed E-state index contributed by atoms with van der Waals surface area (Å²) in [6.45, 7) is 9.52. The molecule has 0 spiro atoms. The van der Waals surface area contributed by atoms with Crippen molar-refractivity contribution < 1.29 is 4.74 Å². The summed E-state index contributed by atoms with van der Waals surface area (Å²) in [5.41, 5.74) is 4.90. The summed E-state index contributed by atoms with van der Waals surface area (Å²) in [7, 11) is 2.11. The van der Waals surface area contributed by atoms with Crippen LogP contribution in [0.25, 0.3) is 0 Å². The van der Waals surface area contributed by atoms with E-state index in [9.17, 15) is 0 Å². The first-order valence-corrected chi connectivity index (χ1v) is 8.26. The van der Waals surface area contributed by atoms with E-state index in [0.717, 1.165) is 44.2 Å². The van der Waals surface area contributed by atoms with E-state index in [1.807, 2.05) is 0 Å². The standard InChI is InChI=1S/C18H26N4O/c1-14-8-15(2)10-18(9-14)23-7-6-21(3)13-16-11-17-12-19-4-5-22(17)20-16/h8-11,19H,4-7,12-13H2,1-3H3. The first-order valence-electron chi connectivity index (χ1n) is 8.26. The first-order chi connectivity index (χ1) is 11.1. The van der Waals surface area contributed by atoms with Gasteiger partial charge in [-0.3, -0.25) is 9.58 Å². The first kappa shape index (κ1) is 16.0. The maximum absolute atomic E-state index is 5.88. The van der Waals surface area contributed by atoms with E-state index in [1.165, 1.54) is 16.8 Å². The molecular formula is C18H26N4O. The van der Waals surface area contributed by atoms with Gasteiger partial charge in [-0.25, -0.2) is 0 Å². The molecule has 0 bridgehead atoms. The number of fused-ring (bicyclic) bond motifs is 1. The van der Waals surface area contributed by atoms with Crippen LogP contribution in [0.15, 0.2) is 24.3 Å². The lowest BCUT2D eigenvalue weighted by Gasteiger charge is -2.16. The molecule has 1 aliphatic heterocycles. The number of aromatic nitrogens is 2. The Kier molecular flexibility index (Phi) is 4.98. The fourth-order valence-corrected chi connectivity index (χ4v) is 3.02. The van der Waals surface area contributed by atoms with Crippen LogP contribution in [0.3, 0.4) is 0 Å². The van der Waals surface area contributed by atoms with Crippen LogP contribution in [0.5, 0.6) is 5.75 Å². The number of likely N-dealkylation sites (N-methyl/N-ethyl adjacent to an activating group) is 1. The molecule has 0 amide bonds. The number of nitrogens with one attached hydrogen (secondary N) is 1. The van der Waals surface area contributed by atoms with Crippen molar-refractivity contribution in [3.63, 3.8) is 0 Å². The zero-order chi connectivity index (χ0) is 16.2. The van der Waals surface area contributed by atoms with Gasteiger partial charge in [-0.1, -0.05) is 6.07 Å². The molecule has 2 aromatic rings. The van der Waals surface area contributed by atoms with Gasteiger partial charge < -0.3 is 10.1 Å². The Morgan fingerprint density at radius 3 is 2.74 bits per heavy atom. The summed E-state index contributed by atoms with van der Waals surface area (Å²) < 4.78 is 8.00. The smallest absolute Gasteiger partial charge is 0.119 e. The van der Waals surface area contributed by atoms with Crippen molar-refractivity contribution in [2.75, 3.05) is 26.7 Å².